The van der Waals surface area contributed by atoms with Gasteiger partial charge in [0.2, 0.25) is 5.91 Å². The highest BCUT2D eigenvalue weighted by Gasteiger charge is 2.28. The molecule has 6 heteroatoms. The van der Waals surface area contributed by atoms with Gasteiger partial charge in [-0.05, 0) is 39.4 Å². The van der Waals surface area contributed by atoms with Gasteiger partial charge in [0, 0.05) is 11.4 Å². The smallest absolute Gasteiger partial charge is 0.338 e. The molecule has 0 aliphatic carbocycles. The van der Waals surface area contributed by atoms with Crippen LogP contribution >= 0.6 is 11.3 Å². The summed E-state index contributed by atoms with van der Waals surface area (Å²) < 4.78 is 0. The van der Waals surface area contributed by atoms with Gasteiger partial charge in [0.1, 0.15) is 5.00 Å². The molecule has 1 aromatic heterocycles. The lowest BCUT2D eigenvalue weighted by molar-refractivity contribution is -0.119. The van der Waals surface area contributed by atoms with E-state index < -0.39 is 5.97 Å². The average Bonchev–Trinajstić information content (AvgIpc) is 2.85. The quantitative estimate of drug-likeness (QED) is 0.889. The van der Waals surface area contributed by atoms with Crippen LogP contribution in [0.15, 0.2) is 0 Å². The number of carboxylic acids is 1. The van der Waals surface area contributed by atoms with Crippen LogP contribution in [0.4, 0.5) is 5.00 Å². The van der Waals surface area contributed by atoms with E-state index in [1.54, 1.807) is 6.92 Å². The summed E-state index contributed by atoms with van der Waals surface area (Å²) in [6, 6.07) is 0. The maximum absolute atomic E-state index is 12.1. The topological polar surface area (TPSA) is 69.6 Å². The van der Waals surface area contributed by atoms with Crippen molar-refractivity contribution in [3.05, 3.63) is 16.0 Å². The molecule has 5 nitrogen and oxygen atoms in total. The predicted octanol–water partition coefficient (Wildman–Crippen LogP) is 1.95. The second-order valence-corrected chi connectivity index (χ2v) is 6.25. The van der Waals surface area contributed by atoms with Gasteiger partial charge in [-0.15, -0.1) is 11.3 Å². The molecule has 1 aliphatic heterocycles. The van der Waals surface area contributed by atoms with Crippen molar-refractivity contribution in [2.24, 2.45) is 5.92 Å². The van der Waals surface area contributed by atoms with E-state index in [4.69, 9.17) is 0 Å². The van der Waals surface area contributed by atoms with Crippen molar-refractivity contribution < 1.29 is 14.7 Å². The molecule has 0 spiro atoms. The molecule has 0 aromatic carbocycles. The van der Waals surface area contributed by atoms with Crippen LogP contribution in [0.3, 0.4) is 0 Å². The van der Waals surface area contributed by atoms with E-state index in [-0.39, 0.29) is 17.4 Å². The number of likely N-dealkylation sites (tertiary alicyclic amines) is 1. The molecule has 0 radical (unpaired) electrons. The molecule has 104 valence electrons. The second kappa shape index (κ2) is 5.30. The number of carbonyl (C=O) groups is 2. The summed E-state index contributed by atoms with van der Waals surface area (Å²) in [4.78, 5) is 26.4. The molecule has 0 saturated carbocycles. The summed E-state index contributed by atoms with van der Waals surface area (Å²) in [6.07, 6.45) is 0.827. The molecule has 2 N–H and O–H groups in total. The van der Waals surface area contributed by atoms with Crippen molar-refractivity contribution in [2.45, 2.75) is 20.3 Å². The van der Waals surface area contributed by atoms with Crippen LogP contribution in [0, 0.1) is 19.8 Å². The first-order chi connectivity index (χ1) is 8.90. The lowest BCUT2D eigenvalue weighted by Gasteiger charge is -2.10. The number of carboxylic acid groups (broad SMARTS) is 1. The van der Waals surface area contributed by atoms with Gasteiger partial charge in [-0.25, -0.2) is 4.79 Å². The zero-order valence-electron chi connectivity index (χ0n) is 11.3. The molecule has 2 rings (SSSR count). The third-order valence-electron chi connectivity index (χ3n) is 3.60. The van der Waals surface area contributed by atoms with Crippen molar-refractivity contribution in [3.63, 3.8) is 0 Å². The highest BCUT2D eigenvalue weighted by Crippen LogP contribution is 2.33. The number of hydrogen-bond acceptors (Lipinski definition) is 4. The van der Waals surface area contributed by atoms with E-state index in [1.807, 2.05) is 14.0 Å². The Morgan fingerprint density at radius 3 is 2.63 bits per heavy atom. The van der Waals surface area contributed by atoms with Crippen LogP contribution in [0.5, 0.6) is 0 Å². The monoisotopic (exact) mass is 282 g/mol. The number of thiophene rings is 1. The molecule has 1 fully saturated rings. The van der Waals surface area contributed by atoms with Crippen molar-refractivity contribution >= 4 is 28.2 Å². The number of amides is 1. The molecular formula is C13H18N2O3S. The van der Waals surface area contributed by atoms with Crippen LogP contribution in [0.2, 0.25) is 0 Å². The first-order valence-electron chi connectivity index (χ1n) is 6.22. The first-order valence-corrected chi connectivity index (χ1v) is 7.04. The minimum Gasteiger partial charge on any atom is -0.478 e. The third kappa shape index (κ3) is 2.79. The second-order valence-electron chi connectivity index (χ2n) is 5.03. The largest absolute Gasteiger partial charge is 0.478 e. The fourth-order valence-electron chi connectivity index (χ4n) is 2.34. The number of hydrogen-bond donors (Lipinski definition) is 2. The molecule has 1 aromatic rings. The Hall–Kier alpha value is -1.40. The third-order valence-corrected chi connectivity index (χ3v) is 4.72. The Bertz CT molecular complexity index is 524. The van der Waals surface area contributed by atoms with Gasteiger partial charge in [0.25, 0.3) is 0 Å². The standard InChI is InChI=1S/C13H18N2O3S/c1-7-8(2)19-12(10(7)13(17)18)14-11(16)9-4-5-15(3)6-9/h9H,4-6H2,1-3H3,(H,14,16)(H,17,18). The predicted molar refractivity (Wildman–Crippen MR) is 75.0 cm³/mol. The zero-order chi connectivity index (χ0) is 14.2. The number of carbonyl (C=O) groups excluding carboxylic acids is 1. The zero-order valence-corrected chi connectivity index (χ0v) is 12.1. The van der Waals surface area contributed by atoms with Crippen LogP contribution < -0.4 is 5.32 Å². The van der Waals surface area contributed by atoms with Gasteiger partial charge >= 0.3 is 5.97 Å². The Balaban J connectivity index is 2.17. The van der Waals surface area contributed by atoms with Gasteiger partial charge in [0.15, 0.2) is 0 Å². The number of rotatable bonds is 3. The van der Waals surface area contributed by atoms with E-state index >= 15 is 0 Å². The number of anilines is 1. The number of aromatic carboxylic acids is 1. The van der Waals surface area contributed by atoms with Gasteiger partial charge in [-0.3, -0.25) is 4.79 Å². The molecular weight excluding hydrogens is 264 g/mol. The van der Waals surface area contributed by atoms with Gasteiger partial charge in [0.05, 0.1) is 11.5 Å². The van der Waals surface area contributed by atoms with E-state index in [1.165, 1.54) is 11.3 Å². The average molecular weight is 282 g/mol. The Labute approximate surface area is 116 Å². The van der Waals surface area contributed by atoms with E-state index in [2.05, 4.69) is 10.2 Å². The summed E-state index contributed by atoms with van der Waals surface area (Å²) in [5, 5.41) is 12.5. The molecule has 1 unspecified atom stereocenters. The molecule has 2 heterocycles. The minimum absolute atomic E-state index is 0.0469. The highest BCUT2D eigenvalue weighted by atomic mass is 32.1. The Kier molecular flexibility index (Phi) is 3.91. The lowest BCUT2D eigenvalue weighted by Crippen LogP contribution is -2.25. The normalized spacial score (nSPS) is 19.6. The molecule has 1 saturated heterocycles. The Morgan fingerprint density at radius 2 is 2.11 bits per heavy atom. The fourth-order valence-corrected chi connectivity index (χ4v) is 3.39. The van der Waals surface area contributed by atoms with E-state index in [0.29, 0.717) is 5.00 Å². The summed E-state index contributed by atoms with van der Waals surface area (Å²) in [7, 11) is 1.98. The van der Waals surface area contributed by atoms with Crippen molar-refractivity contribution in [1.82, 2.24) is 4.90 Å². The van der Waals surface area contributed by atoms with Gasteiger partial charge in [-0.2, -0.15) is 0 Å². The minimum atomic E-state index is -0.985. The maximum atomic E-state index is 12.1. The SMILES string of the molecule is Cc1sc(NC(=O)C2CCN(C)C2)c(C(=O)O)c1C. The summed E-state index contributed by atoms with van der Waals surface area (Å²) in [5.41, 5.74) is 0.957. The molecule has 1 aliphatic rings. The van der Waals surface area contributed by atoms with E-state index in [9.17, 15) is 14.7 Å². The molecule has 19 heavy (non-hydrogen) atoms. The highest BCUT2D eigenvalue weighted by molar-refractivity contribution is 7.16. The van der Waals surface area contributed by atoms with Crippen LogP contribution in [-0.4, -0.2) is 42.0 Å². The van der Waals surface area contributed by atoms with Gasteiger partial charge in [-0.1, -0.05) is 0 Å². The summed E-state index contributed by atoms with van der Waals surface area (Å²) in [5.74, 6) is -1.11. The number of nitrogens with one attached hydrogen (secondary N) is 1. The van der Waals surface area contributed by atoms with Crippen molar-refractivity contribution in [2.75, 3.05) is 25.5 Å². The maximum Gasteiger partial charge on any atom is 0.338 e. The molecule has 1 amide bonds. The van der Waals surface area contributed by atoms with Gasteiger partial charge < -0.3 is 15.3 Å². The van der Waals surface area contributed by atoms with Crippen LogP contribution in [0.1, 0.15) is 27.2 Å². The van der Waals surface area contributed by atoms with E-state index in [0.717, 1.165) is 30.0 Å². The number of nitrogens with zero attached hydrogens (tertiary/aromatic N) is 1. The van der Waals surface area contributed by atoms with Crippen LogP contribution in [0.25, 0.3) is 0 Å². The number of aryl methyl sites for hydroxylation is 1. The van der Waals surface area contributed by atoms with Crippen LogP contribution in [-0.2, 0) is 4.79 Å². The summed E-state index contributed by atoms with van der Waals surface area (Å²) >= 11 is 1.33. The fraction of sp³-hybridized carbons (Fsp3) is 0.538. The molecule has 0 bridgehead atoms. The Morgan fingerprint density at radius 1 is 1.42 bits per heavy atom. The lowest BCUT2D eigenvalue weighted by atomic mass is 10.1. The first kappa shape index (κ1) is 14.0. The summed E-state index contributed by atoms with van der Waals surface area (Å²) in [6.45, 7) is 5.28. The van der Waals surface area contributed by atoms with Crippen molar-refractivity contribution in [3.8, 4) is 0 Å². The van der Waals surface area contributed by atoms with Crippen molar-refractivity contribution in [1.29, 1.82) is 0 Å². The molecule has 1 atom stereocenters.